The summed E-state index contributed by atoms with van der Waals surface area (Å²) in [6, 6.07) is 9.27. The van der Waals surface area contributed by atoms with Gasteiger partial charge in [0.05, 0.1) is 0 Å². The van der Waals surface area contributed by atoms with E-state index in [9.17, 15) is 4.79 Å². The Morgan fingerprint density at radius 3 is 2.52 bits per heavy atom. The molecule has 1 amide bonds. The van der Waals surface area contributed by atoms with Crippen LogP contribution in [0.3, 0.4) is 0 Å². The molecule has 5 heteroatoms. The zero-order valence-corrected chi connectivity index (χ0v) is 13.9. The third kappa shape index (κ3) is 5.70. The molecule has 1 unspecified atom stereocenters. The molecule has 2 N–H and O–H groups in total. The third-order valence-electron chi connectivity index (χ3n) is 3.50. The lowest BCUT2D eigenvalue weighted by atomic mass is 10.0. The number of amides is 1. The van der Waals surface area contributed by atoms with Gasteiger partial charge >= 0.3 is 0 Å². The molecule has 0 saturated carbocycles. The summed E-state index contributed by atoms with van der Waals surface area (Å²) in [7, 11) is 0. The van der Waals surface area contributed by atoms with E-state index in [2.05, 4.69) is 34.4 Å². The molecule has 122 valence electrons. The fraction of sp³-hybridized carbons (Fsp3) is 0.389. The highest BCUT2D eigenvalue weighted by atomic mass is 16.1. The molecule has 0 fully saturated rings. The molecule has 1 aromatic heterocycles. The van der Waals surface area contributed by atoms with Crippen LogP contribution in [0.15, 0.2) is 42.7 Å². The van der Waals surface area contributed by atoms with Gasteiger partial charge in [0.15, 0.2) is 0 Å². The predicted molar refractivity (Wildman–Crippen MR) is 92.8 cm³/mol. The van der Waals surface area contributed by atoms with E-state index in [-0.39, 0.29) is 11.9 Å². The Morgan fingerprint density at radius 1 is 1.09 bits per heavy atom. The van der Waals surface area contributed by atoms with E-state index in [1.54, 1.807) is 24.5 Å². The standard InChI is InChI=1S/C18H24N4O/c1-13(2)8-9-14(3)21-17(23)15-6-4-7-16(12-15)22-18-19-10-5-11-20-18/h4-7,10-14H,8-9H2,1-3H3,(H,21,23)(H,19,20,22). The average Bonchev–Trinajstić information content (AvgIpc) is 2.54. The van der Waals surface area contributed by atoms with Gasteiger partial charge in [0.2, 0.25) is 5.95 Å². The Kier molecular flexibility index (Phi) is 6.09. The molecule has 23 heavy (non-hydrogen) atoms. The molecule has 5 nitrogen and oxygen atoms in total. The van der Waals surface area contributed by atoms with Crippen LogP contribution in [0.5, 0.6) is 0 Å². The van der Waals surface area contributed by atoms with Crippen LogP contribution in [0.2, 0.25) is 0 Å². The van der Waals surface area contributed by atoms with Crippen LogP contribution in [0.4, 0.5) is 11.6 Å². The third-order valence-corrected chi connectivity index (χ3v) is 3.50. The monoisotopic (exact) mass is 312 g/mol. The molecule has 0 aliphatic heterocycles. The Bertz CT molecular complexity index is 628. The molecule has 0 aliphatic rings. The lowest BCUT2D eigenvalue weighted by molar-refractivity contribution is 0.0937. The van der Waals surface area contributed by atoms with E-state index < -0.39 is 0 Å². The minimum absolute atomic E-state index is 0.0566. The van der Waals surface area contributed by atoms with Crippen molar-refractivity contribution < 1.29 is 4.79 Å². The second-order valence-electron chi connectivity index (χ2n) is 6.12. The predicted octanol–water partition coefficient (Wildman–Crippen LogP) is 3.77. The summed E-state index contributed by atoms with van der Waals surface area (Å²) in [6.07, 6.45) is 5.43. The molecule has 0 saturated heterocycles. The lowest BCUT2D eigenvalue weighted by Crippen LogP contribution is -2.32. The largest absolute Gasteiger partial charge is 0.350 e. The molecule has 0 radical (unpaired) electrons. The SMILES string of the molecule is CC(C)CCC(C)NC(=O)c1cccc(Nc2ncccn2)c1. The Balaban J connectivity index is 1.97. The summed E-state index contributed by atoms with van der Waals surface area (Å²) < 4.78 is 0. The van der Waals surface area contributed by atoms with Gasteiger partial charge in [-0.1, -0.05) is 19.9 Å². The molecule has 2 aromatic rings. The normalized spacial score (nSPS) is 12.0. The second-order valence-corrected chi connectivity index (χ2v) is 6.12. The first kappa shape index (κ1) is 16.9. The number of anilines is 2. The summed E-state index contributed by atoms with van der Waals surface area (Å²) in [5.41, 5.74) is 1.42. The van der Waals surface area contributed by atoms with Crippen molar-refractivity contribution in [3.63, 3.8) is 0 Å². The molecule has 0 spiro atoms. The summed E-state index contributed by atoms with van der Waals surface area (Å²) in [5, 5.41) is 6.14. The molecular weight excluding hydrogens is 288 g/mol. The van der Waals surface area contributed by atoms with Crippen molar-refractivity contribution in [2.45, 2.75) is 39.7 Å². The van der Waals surface area contributed by atoms with Gasteiger partial charge in [0.25, 0.3) is 5.91 Å². The summed E-state index contributed by atoms with van der Waals surface area (Å²) in [6.45, 7) is 6.42. The topological polar surface area (TPSA) is 66.9 Å². The van der Waals surface area contributed by atoms with Gasteiger partial charge in [-0.15, -0.1) is 0 Å². The van der Waals surface area contributed by atoms with Gasteiger partial charge in [-0.25, -0.2) is 9.97 Å². The maximum absolute atomic E-state index is 12.3. The molecular formula is C18H24N4O. The number of carbonyl (C=O) groups is 1. The average molecular weight is 312 g/mol. The summed E-state index contributed by atoms with van der Waals surface area (Å²) in [5.74, 6) is 1.10. The Labute approximate surface area is 137 Å². The first-order chi connectivity index (χ1) is 11.0. The number of benzene rings is 1. The molecule has 2 rings (SSSR count). The number of carbonyl (C=O) groups excluding carboxylic acids is 1. The molecule has 1 heterocycles. The number of rotatable bonds is 7. The fourth-order valence-corrected chi connectivity index (χ4v) is 2.19. The van der Waals surface area contributed by atoms with Gasteiger partial charge in [-0.3, -0.25) is 4.79 Å². The van der Waals surface area contributed by atoms with E-state index in [1.165, 1.54) is 0 Å². The summed E-state index contributed by atoms with van der Waals surface area (Å²) >= 11 is 0. The summed E-state index contributed by atoms with van der Waals surface area (Å²) in [4.78, 5) is 20.6. The van der Waals surface area contributed by atoms with Crippen LogP contribution < -0.4 is 10.6 Å². The van der Waals surface area contributed by atoms with Crippen LogP contribution in [-0.4, -0.2) is 21.9 Å². The first-order valence-corrected chi connectivity index (χ1v) is 7.99. The van der Waals surface area contributed by atoms with E-state index in [0.717, 1.165) is 18.5 Å². The minimum Gasteiger partial charge on any atom is -0.350 e. The van der Waals surface area contributed by atoms with Crippen molar-refractivity contribution in [3.05, 3.63) is 48.3 Å². The number of hydrogen-bond acceptors (Lipinski definition) is 4. The van der Waals surface area contributed by atoms with Crippen molar-refractivity contribution in [1.29, 1.82) is 0 Å². The van der Waals surface area contributed by atoms with Crippen molar-refractivity contribution in [2.75, 3.05) is 5.32 Å². The van der Waals surface area contributed by atoms with Crippen LogP contribution in [0.1, 0.15) is 44.0 Å². The smallest absolute Gasteiger partial charge is 0.251 e. The number of nitrogens with one attached hydrogen (secondary N) is 2. The minimum atomic E-state index is -0.0566. The maximum Gasteiger partial charge on any atom is 0.251 e. The zero-order chi connectivity index (χ0) is 16.7. The van der Waals surface area contributed by atoms with Gasteiger partial charge in [0, 0.05) is 29.7 Å². The number of hydrogen-bond donors (Lipinski definition) is 2. The van der Waals surface area contributed by atoms with E-state index >= 15 is 0 Å². The van der Waals surface area contributed by atoms with Crippen LogP contribution in [0.25, 0.3) is 0 Å². The maximum atomic E-state index is 12.3. The Morgan fingerprint density at radius 2 is 1.83 bits per heavy atom. The highest BCUT2D eigenvalue weighted by Crippen LogP contribution is 2.15. The zero-order valence-electron chi connectivity index (χ0n) is 13.9. The molecule has 0 aliphatic carbocycles. The van der Waals surface area contributed by atoms with Crippen molar-refractivity contribution in [2.24, 2.45) is 5.92 Å². The van der Waals surface area contributed by atoms with Gasteiger partial charge < -0.3 is 10.6 Å². The van der Waals surface area contributed by atoms with Crippen LogP contribution >= 0.6 is 0 Å². The highest BCUT2D eigenvalue weighted by molar-refractivity contribution is 5.95. The quantitative estimate of drug-likeness (QED) is 0.816. The lowest BCUT2D eigenvalue weighted by Gasteiger charge is -2.15. The van der Waals surface area contributed by atoms with Gasteiger partial charge in [-0.05, 0) is 49.9 Å². The molecule has 1 aromatic carbocycles. The second kappa shape index (κ2) is 8.27. The van der Waals surface area contributed by atoms with Gasteiger partial charge in [-0.2, -0.15) is 0 Å². The first-order valence-electron chi connectivity index (χ1n) is 7.99. The molecule has 0 bridgehead atoms. The highest BCUT2D eigenvalue weighted by Gasteiger charge is 2.11. The number of aromatic nitrogens is 2. The van der Waals surface area contributed by atoms with Gasteiger partial charge in [0.1, 0.15) is 0 Å². The van der Waals surface area contributed by atoms with Crippen molar-refractivity contribution >= 4 is 17.5 Å². The molecule has 1 atom stereocenters. The van der Waals surface area contributed by atoms with Crippen LogP contribution in [0, 0.1) is 5.92 Å². The van der Waals surface area contributed by atoms with E-state index in [4.69, 9.17) is 0 Å². The van der Waals surface area contributed by atoms with E-state index in [0.29, 0.717) is 17.4 Å². The van der Waals surface area contributed by atoms with E-state index in [1.807, 2.05) is 25.1 Å². The fourth-order valence-electron chi connectivity index (χ4n) is 2.19. The van der Waals surface area contributed by atoms with Crippen molar-refractivity contribution in [1.82, 2.24) is 15.3 Å². The number of nitrogens with zero attached hydrogens (tertiary/aromatic N) is 2. The van der Waals surface area contributed by atoms with Crippen LogP contribution in [-0.2, 0) is 0 Å². The van der Waals surface area contributed by atoms with Crippen molar-refractivity contribution in [3.8, 4) is 0 Å². The Hall–Kier alpha value is -2.43.